The highest BCUT2D eigenvalue weighted by Crippen LogP contribution is 2.35. The van der Waals surface area contributed by atoms with Crippen molar-refractivity contribution in [3.8, 4) is 5.75 Å². The molecule has 0 aliphatic carbocycles. The average Bonchev–Trinajstić information content (AvgIpc) is 2.44. The Hall–Kier alpha value is -1.79. The Morgan fingerprint density at radius 1 is 1.29 bits per heavy atom. The molecule has 112 valence electrons. The Morgan fingerprint density at radius 3 is 2.57 bits per heavy atom. The van der Waals surface area contributed by atoms with Gasteiger partial charge in [-0.15, -0.1) is 0 Å². The summed E-state index contributed by atoms with van der Waals surface area (Å²) in [5.41, 5.74) is 1.19. The molecule has 2 aromatic rings. The number of rotatable bonds is 4. The molecule has 1 aromatic carbocycles. The molecule has 1 heterocycles. The number of benzene rings is 1. The van der Waals surface area contributed by atoms with E-state index >= 15 is 0 Å². The Labute approximate surface area is 129 Å². The summed E-state index contributed by atoms with van der Waals surface area (Å²) in [5.74, 6) is 0.480. The fourth-order valence-corrected chi connectivity index (χ4v) is 3.62. The number of nitrogens with zero attached hydrogens (tertiary/aromatic N) is 1. The molecule has 0 saturated heterocycles. The maximum Gasteiger partial charge on any atom is 0.267 e. The molecule has 0 aliphatic heterocycles. The molecule has 0 atom stereocenters. The number of aromatic nitrogens is 1. The van der Waals surface area contributed by atoms with Crippen molar-refractivity contribution in [2.45, 2.75) is 18.7 Å². The van der Waals surface area contributed by atoms with Crippen LogP contribution in [-0.2, 0) is 10.0 Å². The largest absolute Gasteiger partial charge is 0.495 e. The van der Waals surface area contributed by atoms with Crippen molar-refractivity contribution >= 4 is 27.4 Å². The molecule has 5 nitrogen and oxygen atoms in total. The lowest BCUT2D eigenvalue weighted by Gasteiger charge is -2.16. The van der Waals surface area contributed by atoms with Crippen molar-refractivity contribution in [2.24, 2.45) is 0 Å². The van der Waals surface area contributed by atoms with Gasteiger partial charge in [0, 0.05) is 11.2 Å². The first-order valence-corrected chi connectivity index (χ1v) is 8.00. The van der Waals surface area contributed by atoms with Crippen LogP contribution < -0.4 is 9.46 Å². The normalized spacial score (nSPS) is 11.2. The third-order valence-corrected chi connectivity index (χ3v) is 5.08. The van der Waals surface area contributed by atoms with Gasteiger partial charge in [-0.05, 0) is 43.2 Å². The topological polar surface area (TPSA) is 68.3 Å². The molecule has 0 unspecified atom stereocenters. The highest BCUT2D eigenvalue weighted by atomic mass is 35.5. The Bertz CT molecular complexity index is 762. The quantitative estimate of drug-likeness (QED) is 0.937. The second-order valence-corrected chi connectivity index (χ2v) is 6.48. The van der Waals surface area contributed by atoms with Crippen molar-refractivity contribution in [3.63, 3.8) is 0 Å². The summed E-state index contributed by atoms with van der Waals surface area (Å²) >= 11 is 6.16. The van der Waals surface area contributed by atoms with Gasteiger partial charge >= 0.3 is 0 Å². The van der Waals surface area contributed by atoms with E-state index < -0.39 is 10.0 Å². The van der Waals surface area contributed by atoms with Gasteiger partial charge in [0.2, 0.25) is 0 Å². The summed E-state index contributed by atoms with van der Waals surface area (Å²) in [6, 6.07) is 6.56. The van der Waals surface area contributed by atoms with Gasteiger partial charge in [0.05, 0.1) is 7.11 Å². The van der Waals surface area contributed by atoms with Crippen LogP contribution >= 0.6 is 11.6 Å². The number of aryl methyl sites for hydroxylation is 1. The predicted octanol–water partition coefficient (Wildman–Crippen LogP) is 3.16. The summed E-state index contributed by atoms with van der Waals surface area (Å²) in [6.07, 6.45) is 1.50. The van der Waals surface area contributed by atoms with Crippen LogP contribution in [0, 0.1) is 13.8 Å². The van der Waals surface area contributed by atoms with E-state index in [0.29, 0.717) is 10.6 Å². The highest BCUT2D eigenvalue weighted by molar-refractivity contribution is 7.92. The minimum Gasteiger partial charge on any atom is -0.495 e. The molecule has 0 radical (unpaired) electrons. The standard InChI is InChI=1S/C14H15ClN2O3S/c1-9-8-11(20-3)14(10(2)13(9)15)21(18,19)17-12-6-4-5-7-16-12/h4-8H,1-3H3,(H,16,17). The molecule has 0 bridgehead atoms. The van der Waals surface area contributed by atoms with Crippen LogP contribution in [0.25, 0.3) is 0 Å². The molecule has 21 heavy (non-hydrogen) atoms. The zero-order valence-electron chi connectivity index (χ0n) is 11.8. The van der Waals surface area contributed by atoms with Gasteiger partial charge < -0.3 is 4.74 Å². The fraction of sp³-hybridized carbons (Fsp3) is 0.214. The fourth-order valence-electron chi connectivity index (χ4n) is 2.00. The molecule has 0 spiro atoms. The highest BCUT2D eigenvalue weighted by Gasteiger charge is 2.25. The van der Waals surface area contributed by atoms with Gasteiger partial charge in [-0.2, -0.15) is 0 Å². The molecule has 0 amide bonds. The number of halogens is 1. The molecule has 0 fully saturated rings. The lowest BCUT2D eigenvalue weighted by atomic mass is 10.1. The van der Waals surface area contributed by atoms with Gasteiger partial charge in [0.25, 0.3) is 10.0 Å². The summed E-state index contributed by atoms with van der Waals surface area (Å²) in [7, 11) is -2.43. The van der Waals surface area contributed by atoms with Crippen molar-refractivity contribution in [1.82, 2.24) is 4.98 Å². The van der Waals surface area contributed by atoms with Crippen molar-refractivity contribution in [2.75, 3.05) is 11.8 Å². The first kappa shape index (κ1) is 15.6. The third-order valence-electron chi connectivity index (χ3n) is 2.98. The number of hydrogen-bond donors (Lipinski definition) is 1. The van der Waals surface area contributed by atoms with Gasteiger partial charge in [0.15, 0.2) is 0 Å². The minimum absolute atomic E-state index is 0.0197. The molecule has 0 saturated carbocycles. The van der Waals surface area contributed by atoms with E-state index in [1.165, 1.54) is 13.3 Å². The van der Waals surface area contributed by atoms with E-state index in [4.69, 9.17) is 16.3 Å². The van der Waals surface area contributed by atoms with E-state index in [1.54, 1.807) is 38.1 Å². The maximum atomic E-state index is 12.6. The number of methoxy groups -OCH3 is 1. The smallest absolute Gasteiger partial charge is 0.267 e. The number of hydrogen-bond acceptors (Lipinski definition) is 4. The van der Waals surface area contributed by atoms with E-state index in [-0.39, 0.29) is 16.5 Å². The van der Waals surface area contributed by atoms with Gasteiger partial charge in [-0.3, -0.25) is 4.72 Å². The van der Waals surface area contributed by atoms with E-state index in [0.717, 1.165) is 5.56 Å². The summed E-state index contributed by atoms with van der Waals surface area (Å²) in [5, 5.41) is 0.400. The molecule has 2 rings (SSSR count). The SMILES string of the molecule is COc1cc(C)c(Cl)c(C)c1S(=O)(=O)Nc1ccccn1. The Kier molecular flexibility index (Phi) is 4.39. The first-order valence-electron chi connectivity index (χ1n) is 6.14. The van der Waals surface area contributed by atoms with E-state index in [2.05, 4.69) is 9.71 Å². The predicted molar refractivity (Wildman–Crippen MR) is 82.5 cm³/mol. The van der Waals surface area contributed by atoms with Crippen LogP contribution in [0.4, 0.5) is 5.82 Å². The average molecular weight is 327 g/mol. The second-order valence-electron chi connectivity index (χ2n) is 4.48. The van der Waals surface area contributed by atoms with Crippen molar-refractivity contribution in [1.29, 1.82) is 0 Å². The lowest BCUT2D eigenvalue weighted by Crippen LogP contribution is -2.16. The van der Waals surface area contributed by atoms with Gasteiger partial charge in [-0.25, -0.2) is 13.4 Å². The van der Waals surface area contributed by atoms with E-state index in [1.807, 2.05) is 0 Å². The molecule has 1 N–H and O–H groups in total. The van der Waals surface area contributed by atoms with Crippen molar-refractivity contribution < 1.29 is 13.2 Å². The van der Waals surface area contributed by atoms with Crippen LogP contribution in [0.3, 0.4) is 0 Å². The number of ether oxygens (including phenoxy) is 1. The molecular formula is C14H15ClN2O3S. The van der Waals surface area contributed by atoms with Crippen LogP contribution in [0.15, 0.2) is 35.4 Å². The summed E-state index contributed by atoms with van der Waals surface area (Å²) in [4.78, 5) is 3.97. The van der Waals surface area contributed by atoms with E-state index in [9.17, 15) is 8.42 Å². The zero-order valence-corrected chi connectivity index (χ0v) is 13.4. The van der Waals surface area contributed by atoms with Crippen LogP contribution in [0.1, 0.15) is 11.1 Å². The number of pyridine rings is 1. The van der Waals surface area contributed by atoms with Crippen LogP contribution in [0.5, 0.6) is 5.75 Å². The monoisotopic (exact) mass is 326 g/mol. The summed E-state index contributed by atoms with van der Waals surface area (Å²) in [6.45, 7) is 3.44. The lowest BCUT2D eigenvalue weighted by molar-refractivity contribution is 0.402. The molecule has 0 aliphatic rings. The van der Waals surface area contributed by atoms with Crippen LogP contribution in [-0.4, -0.2) is 20.5 Å². The molecular weight excluding hydrogens is 312 g/mol. The van der Waals surface area contributed by atoms with Gasteiger partial charge in [0.1, 0.15) is 16.5 Å². The number of anilines is 1. The minimum atomic E-state index is -3.85. The molecule has 1 aromatic heterocycles. The van der Waals surface area contributed by atoms with Crippen molar-refractivity contribution in [3.05, 3.63) is 46.6 Å². The Morgan fingerprint density at radius 2 is 2.00 bits per heavy atom. The number of sulfonamides is 1. The third kappa shape index (κ3) is 3.11. The van der Waals surface area contributed by atoms with Gasteiger partial charge in [-0.1, -0.05) is 17.7 Å². The van der Waals surface area contributed by atoms with Crippen LogP contribution in [0.2, 0.25) is 5.02 Å². The maximum absolute atomic E-state index is 12.6. The summed E-state index contributed by atoms with van der Waals surface area (Å²) < 4.78 is 32.8. The number of nitrogens with one attached hydrogen (secondary N) is 1. The Balaban J connectivity index is 2.57. The first-order chi connectivity index (χ1) is 9.86. The zero-order chi connectivity index (χ0) is 15.6. The molecule has 7 heteroatoms. The second kappa shape index (κ2) is 5.91.